The third kappa shape index (κ3) is 2.65. The van der Waals surface area contributed by atoms with Gasteiger partial charge in [-0.1, -0.05) is 0 Å². The van der Waals surface area contributed by atoms with Gasteiger partial charge in [-0.15, -0.1) is 11.8 Å². The molecule has 1 fully saturated rings. The SMILES string of the molecule is CC1(N)CCCN(C(=O)C2=CN=CCS2)C1. The van der Waals surface area contributed by atoms with E-state index in [-0.39, 0.29) is 11.4 Å². The average Bonchev–Trinajstić information content (AvgIpc) is 2.28. The number of carbonyl (C=O) groups excluding carboxylic acids is 1. The van der Waals surface area contributed by atoms with Gasteiger partial charge in [0.2, 0.25) is 0 Å². The summed E-state index contributed by atoms with van der Waals surface area (Å²) in [6.07, 6.45) is 5.44. The van der Waals surface area contributed by atoms with Crippen molar-refractivity contribution in [2.45, 2.75) is 25.3 Å². The van der Waals surface area contributed by atoms with E-state index >= 15 is 0 Å². The van der Waals surface area contributed by atoms with Gasteiger partial charge >= 0.3 is 0 Å². The number of nitrogens with zero attached hydrogens (tertiary/aromatic N) is 2. The molecule has 16 heavy (non-hydrogen) atoms. The van der Waals surface area contributed by atoms with E-state index in [0.717, 1.165) is 30.0 Å². The van der Waals surface area contributed by atoms with Gasteiger partial charge < -0.3 is 10.6 Å². The molecule has 2 rings (SSSR count). The van der Waals surface area contributed by atoms with Crippen LogP contribution in [0.3, 0.4) is 0 Å². The standard InChI is InChI=1S/C11H17N3OS/c1-11(12)3-2-5-14(8-11)10(15)9-7-13-4-6-16-9/h4,7H,2-3,5-6,8,12H2,1H3. The van der Waals surface area contributed by atoms with Crippen LogP contribution in [0.15, 0.2) is 16.1 Å². The van der Waals surface area contributed by atoms with E-state index in [1.165, 1.54) is 0 Å². The topological polar surface area (TPSA) is 58.7 Å². The Kier molecular flexibility index (Phi) is 3.35. The van der Waals surface area contributed by atoms with Crippen molar-refractivity contribution >= 4 is 23.9 Å². The number of hydrogen-bond donors (Lipinski definition) is 1. The van der Waals surface area contributed by atoms with Crippen molar-refractivity contribution in [2.24, 2.45) is 10.7 Å². The van der Waals surface area contributed by atoms with Crippen molar-refractivity contribution in [3.63, 3.8) is 0 Å². The summed E-state index contributed by atoms with van der Waals surface area (Å²) < 4.78 is 0. The minimum atomic E-state index is -0.239. The van der Waals surface area contributed by atoms with Crippen LogP contribution >= 0.6 is 11.8 Å². The first-order valence-electron chi connectivity index (χ1n) is 5.51. The third-order valence-corrected chi connectivity index (χ3v) is 3.74. The molecule has 0 aromatic carbocycles. The van der Waals surface area contributed by atoms with Crippen molar-refractivity contribution in [1.82, 2.24) is 4.90 Å². The Balaban J connectivity index is 2.04. The van der Waals surface area contributed by atoms with Crippen LogP contribution in [-0.2, 0) is 4.79 Å². The minimum Gasteiger partial charge on any atom is -0.336 e. The van der Waals surface area contributed by atoms with Gasteiger partial charge in [-0.25, -0.2) is 0 Å². The predicted octanol–water partition coefficient (Wildman–Crippen LogP) is 0.985. The van der Waals surface area contributed by atoms with E-state index in [0.29, 0.717) is 6.54 Å². The van der Waals surface area contributed by atoms with Crippen molar-refractivity contribution in [2.75, 3.05) is 18.8 Å². The highest BCUT2D eigenvalue weighted by molar-refractivity contribution is 8.04. The molecule has 2 heterocycles. The predicted molar refractivity (Wildman–Crippen MR) is 67.4 cm³/mol. The van der Waals surface area contributed by atoms with Gasteiger partial charge in [-0.2, -0.15) is 0 Å². The Hall–Kier alpha value is -0.810. The van der Waals surface area contributed by atoms with Crippen LogP contribution in [0.1, 0.15) is 19.8 Å². The molecule has 4 nitrogen and oxygen atoms in total. The number of carbonyl (C=O) groups is 1. The van der Waals surface area contributed by atoms with Crippen LogP contribution in [0.2, 0.25) is 0 Å². The van der Waals surface area contributed by atoms with E-state index in [4.69, 9.17) is 5.73 Å². The summed E-state index contributed by atoms with van der Waals surface area (Å²) in [4.78, 5) is 18.8. The molecular weight excluding hydrogens is 222 g/mol. The lowest BCUT2D eigenvalue weighted by molar-refractivity contribution is -0.128. The summed E-state index contributed by atoms with van der Waals surface area (Å²) >= 11 is 1.54. The fourth-order valence-electron chi connectivity index (χ4n) is 2.04. The Morgan fingerprint density at radius 3 is 3.12 bits per heavy atom. The number of nitrogens with two attached hydrogens (primary N) is 1. The molecule has 2 aliphatic heterocycles. The molecule has 2 aliphatic rings. The summed E-state index contributed by atoms with van der Waals surface area (Å²) in [7, 11) is 0. The lowest BCUT2D eigenvalue weighted by Crippen LogP contribution is -2.53. The Labute approximate surface area is 100.0 Å². The Morgan fingerprint density at radius 2 is 2.50 bits per heavy atom. The molecule has 88 valence electrons. The van der Waals surface area contributed by atoms with E-state index in [1.54, 1.807) is 18.0 Å². The highest BCUT2D eigenvalue weighted by Gasteiger charge is 2.31. The molecule has 0 spiro atoms. The van der Waals surface area contributed by atoms with Crippen molar-refractivity contribution in [1.29, 1.82) is 0 Å². The lowest BCUT2D eigenvalue weighted by Gasteiger charge is -2.38. The van der Waals surface area contributed by atoms with Gasteiger partial charge in [-0.05, 0) is 19.8 Å². The number of rotatable bonds is 1. The van der Waals surface area contributed by atoms with E-state index in [9.17, 15) is 4.79 Å². The highest BCUT2D eigenvalue weighted by Crippen LogP contribution is 2.24. The van der Waals surface area contributed by atoms with Crippen LogP contribution in [0.4, 0.5) is 0 Å². The zero-order valence-corrected chi connectivity index (χ0v) is 10.3. The molecule has 0 radical (unpaired) electrons. The summed E-state index contributed by atoms with van der Waals surface area (Å²) in [6.45, 7) is 3.47. The van der Waals surface area contributed by atoms with Gasteiger partial charge in [-0.3, -0.25) is 9.79 Å². The van der Waals surface area contributed by atoms with Crippen LogP contribution in [-0.4, -0.2) is 41.4 Å². The van der Waals surface area contributed by atoms with Crippen LogP contribution < -0.4 is 5.73 Å². The number of piperidine rings is 1. The second-order valence-electron chi connectivity index (χ2n) is 4.62. The number of likely N-dealkylation sites (tertiary alicyclic amines) is 1. The second-order valence-corrected chi connectivity index (χ2v) is 5.68. The molecule has 1 saturated heterocycles. The van der Waals surface area contributed by atoms with E-state index in [2.05, 4.69) is 4.99 Å². The molecule has 1 amide bonds. The van der Waals surface area contributed by atoms with Crippen molar-refractivity contribution < 1.29 is 4.79 Å². The van der Waals surface area contributed by atoms with Gasteiger partial charge in [0.05, 0.1) is 4.91 Å². The summed E-state index contributed by atoms with van der Waals surface area (Å²) in [6, 6.07) is 0. The molecule has 0 bridgehead atoms. The first-order valence-corrected chi connectivity index (χ1v) is 6.50. The maximum atomic E-state index is 12.1. The Bertz CT molecular complexity index is 349. The number of thioether (sulfide) groups is 1. The maximum Gasteiger partial charge on any atom is 0.261 e. The van der Waals surface area contributed by atoms with Gasteiger partial charge in [0, 0.05) is 36.8 Å². The van der Waals surface area contributed by atoms with Gasteiger partial charge in [0.15, 0.2) is 0 Å². The van der Waals surface area contributed by atoms with Crippen LogP contribution in [0.25, 0.3) is 0 Å². The molecule has 5 heteroatoms. The first-order chi connectivity index (χ1) is 7.58. The fraction of sp³-hybridized carbons (Fsp3) is 0.636. The lowest BCUT2D eigenvalue weighted by atomic mass is 9.92. The quantitative estimate of drug-likeness (QED) is 0.742. The monoisotopic (exact) mass is 239 g/mol. The molecular formula is C11H17N3OS. The molecule has 0 aromatic rings. The minimum absolute atomic E-state index is 0.0817. The molecule has 1 unspecified atom stereocenters. The van der Waals surface area contributed by atoms with Crippen molar-refractivity contribution in [3.05, 3.63) is 11.1 Å². The summed E-state index contributed by atoms with van der Waals surface area (Å²) in [5.41, 5.74) is 5.85. The third-order valence-electron chi connectivity index (χ3n) is 2.84. The van der Waals surface area contributed by atoms with Gasteiger partial charge in [0.25, 0.3) is 5.91 Å². The molecule has 1 atom stereocenters. The van der Waals surface area contributed by atoms with Crippen LogP contribution in [0, 0.1) is 0 Å². The highest BCUT2D eigenvalue weighted by atomic mass is 32.2. The average molecular weight is 239 g/mol. The molecule has 2 N–H and O–H groups in total. The first kappa shape index (κ1) is 11.7. The molecule has 0 aliphatic carbocycles. The largest absolute Gasteiger partial charge is 0.336 e. The summed E-state index contributed by atoms with van der Waals surface area (Å²) in [5, 5.41) is 0. The number of aliphatic imine (C=N–C) groups is 1. The maximum absolute atomic E-state index is 12.1. The van der Waals surface area contributed by atoms with Crippen LogP contribution in [0.5, 0.6) is 0 Å². The van der Waals surface area contributed by atoms with Crippen molar-refractivity contribution in [3.8, 4) is 0 Å². The molecule has 0 aromatic heterocycles. The second kappa shape index (κ2) is 4.59. The Morgan fingerprint density at radius 1 is 1.69 bits per heavy atom. The number of amides is 1. The molecule has 0 saturated carbocycles. The fourth-order valence-corrected chi connectivity index (χ4v) is 2.77. The number of hydrogen-bond acceptors (Lipinski definition) is 4. The van der Waals surface area contributed by atoms with E-state index < -0.39 is 0 Å². The smallest absolute Gasteiger partial charge is 0.261 e. The summed E-state index contributed by atoms with van der Waals surface area (Å²) in [5.74, 6) is 0.865. The van der Waals surface area contributed by atoms with Gasteiger partial charge in [0.1, 0.15) is 0 Å². The zero-order valence-electron chi connectivity index (χ0n) is 9.48. The zero-order chi connectivity index (χ0) is 11.6. The normalized spacial score (nSPS) is 30.1. The van der Waals surface area contributed by atoms with E-state index in [1.807, 2.05) is 18.0 Å².